The maximum atomic E-state index is 12.3. The number of hydrogen-bond donors (Lipinski definition) is 1. The highest BCUT2D eigenvalue weighted by atomic mass is 16.6. The predicted molar refractivity (Wildman–Crippen MR) is 156 cm³/mol. The van der Waals surface area contributed by atoms with Gasteiger partial charge in [0.25, 0.3) is 0 Å². The van der Waals surface area contributed by atoms with E-state index in [0.717, 1.165) is 78.2 Å². The van der Waals surface area contributed by atoms with E-state index in [2.05, 4.69) is 58.3 Å². The van der Waals surface area contributed by atoms with Gasteiger partial charge in [-0.05, 0) is 71.9 Å². The van der Waals surface area contributed by atoms with Crippen molar-refractivity contribution in [1.82, 2.24) is 29.9 Å². The van der Waals surface area contributed by atoms with Crippen molar-refractivity contribution >= 4 is 34.3 Å². The van der Waals surface area contributed by atoms with Gasteiger partial charge in [-0.3, -0.25) is 0 Å². The van der Waals surface area contributed by atoms with Crippen molar-refractivity contribution in [3.63, 3.8) is 0 Å². The molecule has 2 fully saturated rings. The summed E-state index contributed by atoms with van der Waals surface area (Å²) in [6.45, 7) is 12.3. The van der Waals surface area contributed by atoms with Gasteiger partial charge in [-0.25, -0.2) is 24.3 Å². The Kier molecular flexibility index (Phi) is 6.72. The molecule has 10 nitrogen and oxygen atoms in total. The third kappa shape index (κ3) is 5.14. The number of ether oxygens (including phenoxy) is 1. The van der Waals surface area contributed by atoms with Gasteiger partial charge in [-0.15, -0.1) is 0 Å². The molecule has 0 radical (unpaired) electrons. The van der Waals surface area contributed by atoms with E-state index in [-0.39, 0.29) is 18.2 Å². The highest BCUT2D eigenvalue weighted by Crippen LogP contribution is 2.37. The normalized spacial score (nSPS) is 19.9. The van der Waals surface area contributed by atoms with Gasteiger partial charge in [0, 0.05) is 42.8 Å². The Balaban J connectivity index is 1.26. The van der Waals surface area contributed by atoms with Crippen molar-refractivity contribution in [3.05, 3.63) is 53.6 Å². The van der Waals surface area contributed by atoms with Crippen LogP contribution in [-0.4, -0.2) is 61.9 Å². The number of nitrogens with one attached hydrogen (secondary N) is 1. The summed E-state index contributed by atoms with van der Waals surface area (Å²) in [7, 11) is 0. The molecule has 4 aromatic rings. The fourth-order valence-corrected chi connectivity index (χ4v) is 6.02. The summed E-state index contributed by atoms with van der Waals surface area (Å²) in [4.78, 5) is 31.3. The molecular formula is C30H38N8O2. The number of carbonyl (C=O) groups excluding carboxylic acids is 1. The van der Waals surface area contributed by atoms with Crippen LogP contribution in [-0.2, 0) is 4.74 Å². The van der Waals surface area contributed by atoms with Crippen molar-refractivity contribution in [2.45, 2.75) is 78.0 Å². The molecule has 1 aromatic carbocycles. The smallest absolute Gasteiger partial charge is 0.407 e. The number of fused-ring (bicyclic) bond motifs is 2. The topological polar surface area (TPSA) is 101 Å². The molecule has 3 aromatic heterocycles. The molecule has 0 spiro atoms. The summed E-state index contributed by atoms with van der Waals surface area (Å²) >= 11 is 0. The zero-order valence-electron chi connectivity index (χ0n) is 24.0. The first-order chi connectivity index (χ1) is 19.2. The maximum absolute atomic E-state index is 12.3. The number of aryl methyl sites for hydroxylation is 2. The molecule has 2 aliphatic heterocycles. The number of anilines is 2. The molecular weight excluding hydrogens is 504 g/mol. The van der Waals surface area contributed by atoms with Crippen LogP contribution >= 0.6 is 0 Å². The van der Waals surface area contributed by atoms with Gasteiger partial charge < -0.3 is 19.9 Å². The first kappa shape index (κ1) is 26.3. The lowest BCUT2D eigenvalue weighted by atomic mass is 9.98. The lowest BCUT2D eigenvalue weighted by Crippen LogP contribution is -2.40. The summed E-state index contributed by atoms with van der Waals surface area (Å²) in [5.74, 6) is 1.92. The summed E-state index contributed by atoms with van der Waals surface area (Å²) in [5, 5.41) is 9.13. The molecule has 2 saturated heterocycles. The van der Waals surface area contributed by atoms with E-state index in [1.807, 2.05) is 31.4 Å². The van der Waals surface area contributed by atoms with Crippen molar-refractivity contribution in [1.29, 1.82) is 0 Å². The number of benzene rings is 1. The molecule has 1 unspecified atom stereocenters. The SMILES string of the molecule is Cc1cn2nc(C3CCCCN3c3ncnc4cccc(C)c34)cc2nc1N1CC[C@H](NC(=O)OC(C)(C)C)C1. The van der Waals surface area contributed by atoms with Gasteiger partial charge in [0.1, 0.15) is 23.6 Å². The standard InChI is InChI=1S/C30H38N8O2/c1-19-9-8-10-22-26(19)28(32-18-31-22)37-13-7-6-11-24(37)23-15-25-34-27(20(2)16-38(25)35-23)36-14-12-21(17-36)33-29(39)40-30(3,4)5/h8-10,15-16,18,21,24H,6-7,11-14,17H2,1-5H3,(H,33,39)/t21-,24?/m0/s1. The number of alkyl carbamates (subject to hydrolysis) is 1. The second kappa shape index (κ2) is 10.2. The number of carbonyl (C=O) groups is 1. The summed E-state index contributed by atoms with van der Waals surface area (Å²) in [6.07, 6.45) is 7.49. The molecule has 2 atom stereocenters. The fraction of sp³-hybridized carbons (Fsp3) is 0.500. The predicted octanol–water partition coefficient (Wildman–Crippen LogP) is 5.12. The van der Waals surface area contributed by atoms with Crippen molar-refractivity contribution in [3.8, 4) is 0 Å². The third-order valence-electron chi connectivity index (χ3n) is 7.80. The summed E-state index contributed by atoms with van der Waals surface area (Å²) < 4.78 is 7.35. The maximum Gasteiger partial charge on any atom is 0.407 e. The average molecular weight is 543 g/mol. The molecule has 6 rings (SSSR count). The van der Waals surface area contributed by atoms with E-state index in [9.17, 15) is 4.79 Å². The lowest BCUT2D eigenvalue weighted by molar-refractivity contribution is 0.0509. The van der Waals surface area contributed by atoms with Gasteiger partial charge >= 0.3 is 6.09 Å². The Morgan fingerprint density at radius 3 is 2.73 bits per heavy atom. The zero-order chi connectivity index (χ0) is 28.0. The molecule has 0 saturated carbocycles. The first-order valence-corrected chi connectivity index (χ1v) is 14.2. The van der Waals surface area contributed by atoms with Crippen molar-refractivity contribution < 1.29 is 9.53 Å². The Bertz CT molecular complexity index is 1550. The van der Waals surface area contributed by atoms with Gasteiger partial charge in [0.15, 0.2) is 5.65 Å². The van der Waals surface area contributed by atoms with E-state index in [1.54, 1.807) is 6.33 Å². The van der Waals surface area contributed by atoms with Crippen LogP contribution in [0.1, 0.15) is 69.3 Å². The third-order valence-corrected chi connectivity index (χ3v) is 7.80. The average Bonchev–Trinajstić information content (AvgIpc) is 3.53. The van der Waals surface area contributed by atoms with E-state index < -0.39 is 5.60 Å². The quantitative estimate of drug-likeness (QED) is 0.379. The monoisotopic (exact) mass is 542 g/mol. The molecule has 1 amide bonds. The second-order valence-corrected chi connectivity index (χ2v) is 12.1. The minimum atomic E-state index is -0.515. The summed E-state index contributed by atoms with van der Waals surface area (Å²) in [6, 6.07) is 8.48. The van der Waals surface area contributed by atoms with E-state index in [1.165, 1.54) is 5.56 Å². The van der Waals surface area contributed by atoms with Gasteiger partial charge in [0.05, 0.1) is 23.3 Å². The number of rotatable bonds is 4. The Morgan fingerprint density at radius 1 is 1.05 bits per heavy atom. The van der Waals surface area contributed by atoms with Crippen LogP contribution in [0.4, 0.5) is 16.4 Å². The Morgan fingerprint density at radius 2 is 1.90 bits per heavy atom. The lowest BCUT2D eigenvalue weighted by Gasteiger charge is -2.36. The fourth-order valence-electron chi connectivity index (χ4n) is 6.02. The molecule has 2 aliphatic rings. The van der Waals surface area contributed by atoms with Crippen LogP contribution < -0.4 is 15.1 Å². The van der Waals surface area contributed by atoms with Gasteiger partial charge in [-0.1, -0.05) is 12.1 Å². The van der Waals surface area contributed by atoms with Crippen LogP contribution in [0.25, 0.3) is 16.6 Å². The van der Waals surface area contributed by atoms with Crippen LogP contribution in [0.3, 0.4) is 0 Å². The molecule has 1 N–H and O–H groups in total. The Labute approximate surface area is 234 Å². The summed E-state index contributed by atoms with van der Waals surface area (Å²) in [5.41, 5.74) is 4.52. The van der Waals surface area contributed by atoms with Crippen molar-refractivity contribution in [2.75, 3.05) is 29.4 Å². The largest absolute Gasteiger partial charge is 0.444 e. The molecule has 0 bridgehead atoms. The molecule has 40 heavy (non-hydrogen) atoms. The first-order valence-electron chi connectivity index (χ1n) is 14.2. The van der Waals surface area contributed by atoms with E-state index in [4.69, 9.17) is 19.8 Å². The van der Waals surface area contributed by atoms with Crippen LogP contribution in [0.15, 0.2) is 36.8 Å². The second-order valence-electron chi connectivity index (χ2n) is 12.1. The van der Waals surface area contributed by atoms with Gasteiger partial charge in [-0.2, -0.15) is 5.10 Å². The number of nitrogens with zero attached hydrogens (tertiary/aromatic N) is 7. The highest BCUT2D eigenvalue weighted by Gasteiger charge is 2.31. The molecule has 5 heterocycles. The highest BCUT2D eigenvalue weighted by molar-refractivity contribution is 5.92. The van der Waals surface area contributed by atoms with E-state index >= 15 is 0 Å². The van der Waals surface area contributed by atoms with Crippen LogP contribution in [0, 0.1) is 13.8 Å². The van der Waals surface area contributed by atoms with Crippen LogP contribution in [0.2, 0.25) is 0 Å². The zero-order valence-corrected chi connectivity index (χ0v) is 24.0. The van der Waals surface area contributed by atoms with Crippen molar-refractivity contribution in [2.24, 2.45) is 0 Å². The van der Waals surface area contributed by atoms with Crippen LogP contribution in [0.5, 0.6) is 0 Å². The minimum absolute atomic E-state index is 0.0229. The molecule has 210 valence electrons. The number of aromatic nitrogens is 5. The number of hydrogen-bond acceptors (Lipinski definition) is 8. The molecule has 0 aliphatic carbocycles. The number of piperidine rings is 1. The van der Waals surface area contributed by atoms with Gasteiger partial charge in [0.2, 0.25) is 0 Å². The minimum Gasteiger partial charge on any atom is -0.444 e. The number of amides is 1. The molecule has 10 heteroatoms. The van der Waals surface area contributed by atoms with E-state index in [0.29, 0.717) is 6.54 Å². The Hall–Kier alpha value is -3.95.